The summed E-state index contributed by atoms with van der Waals surface area (Å²) in [7, 11) is 1.88. The molecule has 0 radical (unpaired) electrons. The summed E-state index contributed by atoms with van der Waals surface area (Å²) >= 11 is 0. The predicted octanol–water partition coefficient (Wildman–Crippen LogP) is 1.30. The first-order valence-electron chi connectivity index (χ1n) is 7.17. The minimum Gasteiger partial charge on any atom is -0.333 e. The number of hydrogen-bond acceptors (Lipinski definition) is 2. The molecule has 0 aliphatic carbocycles. The van der Waals surface area contributed by atoms with Crippen molar-refractivity contribution in [3.05, 3.63) is 47.3 Å². The summed E-state index contributed by atoms with van der Waals surface area (Å²) in [5.74, 6) is -0.00280. The number of quaternary nitrogens is 1. The van der Waals surface area contributed by atoms with Gasteiger partial charge in [0.05, 0.1) is 17.1 Å². The van der Waals surface area contributed by atoms with Gasteiger partial charge in [-0.3, -0.25) is 9.48 Å². The number of carbonyl (C=O) groups is 1. The SMILES string of the molecule is Cc1nn(C)c(C)c1NC(=O)C[NH2+][C@H](C)c1ccccc1. The number of aryl methyl sites for hydroxylation is 2. The number of nitrogens with zero attached hydrogens (tertiary/aromatic N) is 2. The molecule has 0 saturated heterocycles. The van der Waals surface area contributed by atoms with Crippen LogP contribution in [0.2, 0.25) is 0 Å². The molecule has 0 unspecified atom stereocenters. The molecule has 1 heterocycles. The lowest BCUT2D eigenvalue weighted by Crippen LogP contribution is -2.86. The smallest absolute Gasteiger partial charge is 0.279 e. The monoisotopic (exact) mass is 287 g/mol. The highest BCUT2D eigenvalue weighted by Crippen LogP contribution is 2.17. The molecular formula is C16H23N4O+. The van der Waals surface area contributed by atoms with Crippen LogP contribution in [0.5, 0.6) is 0 Å². The average molecular weight is 287 g/mol. The van der Waals surface area contributed by atoms with Crippen molar-refractivity contribution < 1.29 is 10.1 Å². The lowest BCUT2D eigenvalue weighted by atomic mass is 10.1. The van der Waals surface area contributed by atoms with Crippen LogP contribution in [0.3, 0.4) is 0 Å². The molecule has 5 nitrogen and oxygen atoms in total. The minimum absolute atomic E-state index is 0.00280. The van der Waals surface area contributed by atoms with E-state index >= 15 is 0 Å². The summed E-state index contributed by atoms with van der Waals surface area (Å²) in [5.41, 5.74) is 3.86. The highest BCUT2D eigenvalue weighted by molar-refractivity contribution is 5.92. The lowest BCUT2D eigenvalue weighted by molar-refractivity contribution is -0.682. The van der Waals surface area contributed by atoms with E-state index in [1.165, 1.54) is 5.56 Å². The third-order valence-corrected chi connectivity index (χ3v) is 3.76. The van der Waals surface area contributed by atoms with Gasteiger partial charge in [0, 0.05) is 12.6 Å². The van der Waals surface area contributed by atoms with Crippen molar-refractivity contribution in [1.29, 1.82) is 0 Å². The van der Waals surface area contributed by atoms with Gasteiger partial charge < -0.3 is 10.6 Å². The Bertz CT molecular complexity index is 619. The molecule has 112 valence electrons. The van der Waals surface area contributed by atoms with Crippen molar-refractivity contribution in [2.75, 3.05) is 11.9 Å². The molecule has 0 saturated carbocycles. The van der Waals surface area contributed by atoms with E-state index in [-0.39, 0.29) is 11.9 Å². The van der Waals surface area contributed by atoms with Crippen LogP contribution in [-0.2, 0) is 11.8 Å². The zero-order valence-electron chi connectivity index (χ0n) is 13.1. The van der Waals surface area contributed by atoms with Gasteiger partial charge in [-0.2, -0.15) is 5.10 Å². The Kier molecular flexibility index (Phi) is 4.75. The van der Waals surface area contributed by atoms with Crippen molar-refractivity contribution in [2.45, 2.75) is 26.8 Å². The molecule has 0 spiro atoms. The fraction of sp³-hybridized carbons (Fsp3) is 0.375. The molecule has 1 atom stereocenters. The van der Waals surface area contributed by atoms with Gasteiger partial charge in [0.15, 0.2) is 6.54 Å². The van der Waals surface area contributed by atoms with Crippen molar-refractivity contribution >= 4 is 11.6 Å². The first-order chi connectivity index (χ1) is 9.99. The summed E-state index contributed by atoms with van der Waals surface area (Å²) in [6, 6.07) is 10.4. The second-order valence-corrected chi connectivity index (χ2v) is 5.36. The standard InChI is InChI=1S/C16H22N4O/c1-11(14-8-6-5-7-9-14)17-10-15(21)18-16-12(2)19-20(4)13(16)3/h5-9,11,17H,10H2,1-4H3,(H,18,21)/p+1/t11-/m1/s1. The molecule has 1 aromatic carbocycles. The first-order valence-corrected chi connectivity index (χ1v) is 7.17. The van der Waals surface area contributed by atoms with Crippen LogP contribution >= 0.6 is 0 Å². The maximum atomic E-state index is 12.1. The highest BCUT2D eigenvalue weighted by Gasteiger charge is 2.15. The molecule has 5 heteroatoms. The van der Waals surface area contributed by atoms with Crippen LogP contribution in [-0.4, -0.2) is 22.2 Å². The number of rotatable bonds is 5. The van der Waals surface area contributed by atoms with Crippen molar-refractivity contribution in [3.63, 3.8) is 0 Å². The van der Waals surface area contributed by atoms with Gasteiger partial charge in [-0.05, 0) is 20.8 Å². The number of carbonyl (C=O) groups excluding carboxylic acids is 1. The predicted molar refractivity (Wildman–Crippen MR) is 83.0 cm³/mol. The van der Waals surface area contributed by atoms with Gasteiger partial charge in [0.25, 0.3) is 5.91 Å². The molecule has 0 fully saturated rings. The Balaban J connectivity index is 1.91. The Morgan fingerprint density at radius 1 is 1.33 bits per heavy atom. The van der Waals surface area contributed by atoms with E-state index in [4.69, 9.17) is 0 Å². The van der Waals surface area contributed by atoms with Crippen LogP contribution in [0.25, 0.3) is 0 Å². The van der Waals surface area contributed by atoms with E-state index < -0.39 is 0 Å². The summed E-state index contributed by atoms with van der Waals surface area (Å²) in [4.78, 5) is 12.1. The van der Waals surface area contributed by atoms with Gasteiger partial charge >= 0.3 is 0 Å². The van der Waals surface area contributed by atoms with E-state index in [0.29, 0.717) is 6.54 Å². The summed E-state index contributed by atoms with van der Waals surface area (Å²) in [6.07, 6.45) is 0. The maximum Gasteiger partial charge on any atom is 0.279 e. The molecular weight excluding hydrogens is 264 g/mol. The minimum atomic E-state index is -0.00280. The zero-order chi connectivity index (χ0) is 15.4. The van der Waals surface area contributed by atoms with Crippen molar-refractivity contribution in [1.82, 2.24) is 9.78 Å². The van der Waals surface area contributed by atoms with Gasteiger partial charge in [0.1, 0.15) is 6.04 Å². The lowest BCUT2D eigenvalue weighted by Gasteiger charge is -2.11. The van der Waals surface area contributed by atoms with Crippen LogP contribution in [0.1, 0.15) is 29.9 Å². The Morgan fingerprint density at radius 3 is 2.57 bits per heavy atom. The summed E-state index contributed by atoms with van der Waals surface area (Å²) < 4.78 is 1.78. The fourth-order valence-electron chi connectivity index (χ4n) is 2.32. The number of aromatic nitrogens is 2. The van der Waals surface area contributed by atoms with E-state index in [1.807, 2.05) is 44.4 Å². The number of nitrogens with two attached hydrogens (primary N) is 1. The Morgan fingerprint density at radius 2 is 2.00 bits per heavy atom. The second kappa shape index (κ2) is 6.54. The number of anilines is 1. The van der Waals surface area contributed by atoms with E-state index in [1.54, 1.807) is 4.68 Å². The van der Waals surface area contributed by atoms with E-state index in [2.05, 4.69) is 29.5 Å². The molecule has 3 N–H and O–H groups in total. The number of amides is 1. The highest BCUT2D eigenvalue weighted by atomic mass is 16.1. The topological polar surface area (TPSA) is 63.5 Å². The summed E-state index contributed by atoms with van der Waals surface area (Å²) in [6.45, 7) is 6.35. The maximum absolute atomic E-state index is 12.1. The van der Waals surface area contributed by atoms with Crippen LogP contribution in [0, 0.1) is 13.8 Å². The van der Waals surface area contributed by atoms with Gasteiger partial charge in [-0.1, -0.05) is 30.3 Å². The van der Waals surface area contributed by atoms with Crippen molar-refractivity contribution in [2.24, 2.45) is 7.05 Å². The molecule has 2 rings (SSSR count). The largest absolute Gasteiger partial charge is 0.333 e. The third kappa shape index (κ3) is 3.70. The Hall–Kier alpha value is -2.14. The van der Waals surface area contributed by atoms with E-state index in [0.717, 1.165) is 17.1 Å². The molecule has 1 aromatic heterocycles. The molecule has 0 bridgehead atoms. The molecule has 0 aliphatic rings. The quantitative estimate of drug-likeness (QED) is 0.870. The molecule has 2 aromatic rings. The number of benzene rings is 1. The van der Waals surface area contributed by atoms with Crippen LogP contribution in [0.15, 0.2) is 30.3 Å². The van der Waals surface area contributed by atoms with Crippen LogP contribution in [0.4, 0.5) is 5.69 Å². The Labute approximate surface area is 125 Å². The van der Waals surface area contributed by atoms with Gasteiger partial charge in [0.2, 0.25) is 0 Å². The second-order valence-electron chi connectivity index (χ2n) is 5.36. The molecule has 1 amide bonds. The molecule has 0 aliphatic heterocycles. The van der Waals surface area contributed by atoms with Gasteiger partial charge in [-0.25, -0.2) is 0 Å². The van der Waals surface area contributed by atoms with Crippen LogP contribution < -0.4 is 10.6 Å². The normalized spacial score (nSPS) is 12.2. The van der Waals surface area contributed by atoms with Crippen molar-refractivity contribution in [3.8, 4) is 0 Å². The first kappa shape index (κ1) is 15.3. The van der Waals surface area contributed by atoms with E-state index in [9.17, 15) is 4.79 Å². The number of hydrogen-bond donors (Lipinski definition) is 2. The summed E-state index contributed by atoms with van der Waals surface area (Å²) in [5, 5.41) is 9.28. The number of nitrogens with one attached hydrogen (secondary N) is 1. The molecule has 21 heavy (non-hydrogen) atoms. The average Bonchev–Trinajstić information content (AvgIpc) is 2.72. The fourth-order valence-corrected chi connectivity index (χ4v) is 2.32. The van der Waals surface area contributed by atoms with Gasteiger partial charge in [-0.15, -0.1) is 0 Å². The third-order valence-electron chi connectivity index (χ3n) is 3.76. The zero-order valence-corrected chi connectivity index (χ0v) is 13.1.